The Bertz CT molecular complexity index is 277. The summed E-state index contributed by atoms with van der Waals surface area (Å²) < 4.78 is 4.45. The molecule has 0 bridgehead atoms. The number of hydrogen-bond donors (Lipinski definition) is 0. The first kappa shape index (κ1) is 11.6. The van der Waals surface area contributed by atoms with Gasteiger partial charge in [-0.2, -0.15) is 0 Å². The summed E-state index contributed by atoms with van der Waals surface area (Å²) in [5, 5.41) is 0.172. The van der Waals surface area contributed by atoms with Crippen molar-refractivity contribution in [2.45, 2.75) is 6.92 Å². The molecule has 0 saturated carbocycles. The summed E-state index contributed by atoms with van der Waals surface area (Å²) in [5.74, 6) is -0.756. The van der Waals surface area contributed by atoms with Crippen LogP contribution in [0, 0.1) is 0 Å². The van der Waals surface area contributed by atoms with Crippen molar-refractivity contribution < 1.29 is 14.3 Å². The highest BCUT2D eigenvalue weighted by Crippen LogP contribution is 2.03. The molecule has 0 unspecified atom stereocenters. The molecule has 13 heavy (non-hydrogen) atoms. The molecule has 0 rings (SSSR count). The summed E-state index contributed by atoms with van der Waals surface area (Å²) in [6.45, 7) is 4.52. The van der Waals surface area contributed by atoms with Crippen molar-refractivity contribution in [2.24, 2.45) is 0 Å². The first-order valence-corrected chi connectivity index (χ1v) is 3.81. The molecule has 0 saturated heterocycles. The van der Waals surface area contributed by atoms with Crippen molar-refractivity contribution in [1.29, 1.82) is 0 Å². The largest absolute Gasteiger partial charge is 0.435 e. The maximum Gasteiger partial charge on any atom is 0.307 e. The smallest absolute Gasteiger partial charge is 0.307 e. The van der Waals surface area contributed by atoms with E-state index in [9.17, 15) is 9.59 Å². The van der Waals surface area contributed by atoms with E-state index >= 15 is 0 Å². The minimum Gasteiger partial charge on any atom is -0.435 e. The van der Waals surface area contributed by atoms with E-state index in [1.165, 1.54) is 13.0 Å². The minimum absolute atomic E-state index is 0.172. The van der Waals surface area contributed by atoms with E-state index in [-0.39, 0.29) is 10.8 Å². The summed E-state index contributed by atoms with van der Waals surface area (Å²) in [6, 6.07) is 0. The van der Waals surface area contributed by atoms with E-state index in [1.54, 1.807) is 0 Å². The van der Waals surface area contributed by atoms with Gasteiger partial charge >= 0.3 is 5.97 Å². The lowest BCUT2D eigenvalue weighted by atomic mass is 10.3. The molecule has 0 radical (unpaired) electrons. The van der Waals surface area contributed by atoms with Crippen LogP contribution in [0.3, 0.4) is 0 Å². The molecule has 0 aliphatic rings. The van der Waals surface area contributed by atoms with Crippen LogP contribution in [0.1, 0.15) is 6.92 Å². The predicted octanol–water partition coefficient (Wildman–Crippen LogP) is 1.94. The topological polar surface area (TPSA) is 43.4 Å². The number of esters is 1. The number of halogens is 1. The lowest BCUT2D eigenvalue weighted by Crippen LogP contribution is -1.89. The van der Waals surface area contributed by atoms with Gasteiger partial charge in [0.25, 0.3) is 0 Å². The Morgan fingerprint density at radius 1 is 1.46 bits per heavy atom. The minimum atomic E-state index is -0.448. The van der Waals surface area contributed by atoms with Crippen LogP contribution in [-0.2, 0) is 14.3 Å². The van der Waals surface area contributed by atoms with E-state index in [1.807, 2.05) is 0 Å². The lowest BCUT2D eigenvalue weighted by Gasteiger charge is -1.90. The van der Waals surface area contributed by atoms with Crippen molar-refractivity contribution in [3.8, 4) is 0 Å². The molecule has 0 spiro atoms. The van der Waals surface area contributed by atoms with Crippen LogP contribution >= 0.6 is 11.6 Å². The maximum atomic E-state index is 10.7. The lowest BCUT2D eigenvalue weighted by molar-refractivity contribution is -0.135. The van der Waals surface area contributed by atoms with Gasteiger partial charge in [0.15, 0.2) is 5.78 Å². The molecule has 0 N–H and O–H groups in total. The Morgan fingerprint density at radius 3 is 2.54 bits per heavy atom. The van der Waals surface area contributed by atoms with Gasteiger partial charge in [-0.1, -0.05) is 18.2 Å². The number of hydrogen-bond acceptors (Lipinski definition) is 3. The Balaban J connectivity index is 4.13. The Labute approximate surface area is 81.3 Å². The molecule has 0 fully saturated rings. The van der Waals surface area contributed by atoms with Crippen LogP contribution in [0.15, 0.2) is 36.1 Å². The van der Waals surface area contributed by atoms with Crippen LogP contribution in [0.2, 0.25) is 0 Å². The van der Waals surface area contributed by atoms with Gasteiger partial charge in [-0.25, -0.2) is 0 Å². The highest BCUT2D eigenvalue weighted by Gasteiger charge is 1.91. The second kappa shape index (κ2) is 6.20. The van der Waals surface area contributed by atoms with Crippen molar-refractivity contribution in [1.82, 2.24) is 0 Å². The molecule has 0 aromatic heterocycles. The van der Waals surface area contributed by atoms with E-state index in [4.69, 9.17) is 11.6 Å². The Morgan fingerprint density at radius 2 is 2.08 bits per heavy atom. The van der Waals surface area contributed by atoms with E-state index in [2.05, 4.69) is 11.3 Å². The predicted molar refractivity (Wildman–Crippen MR) is 50.0 cm³/mol. The van der Waals surface area contributed by atoms with Gasteiger partial charge in [0, 0.05) is 18.0 Å². The first-order valence-electron chi connectivity index (χ1n) is 3.43. The molecule has 0 heterocycles. The molecular formula is C9H9ClO3. The van der Waals surface area contributed by atoms with E-state index in [0.29, 0.717) is 0 Å². The van der Waals surface area contributed by atoms with Gasteiger partial charge in [0.05, 0.1) is 6.26 Å². The van der Waals surface area contributed by atoms with Crippen molar-refractivity contribution in [2.75, 3.05) is 0 Å². The standard InChI is InChI=1S/C9H9ClO3/c1-3-9(12)6-8(10)4-5-13-7(2)11/h3-6H,1H2,2H3. The molecule has 4 heteroatoms. The number of carbonyl (C=O) groups excluding carboxylic acids is 2. The normalized spacial score (nSPS) is 11.4. The van der Waals surface area contributed by atoms with Gasteiger partial charge in [-0.05, 0) is 12.2 Å². The summed E-state index contributed by atoms with van der Waals surface area (Å²) in [6.07, 6.45) is 4.69. The van der Waals surface area contributed by atoms with Crippen molar-refractivity contribution in [3.63, 3.8) is 0 Å². The first-order chi connectivity index (χ1) is 6.06. The third-order valence-electron chi connectivity index (χ3n) is 0.943. The molecule has 0 aromatic carbocycles. The Kier molecular flexibility index (Phi) is 5.55. The van der Waals surface area contributed by atoms with Gasteiger partial charge in [0.2, 0.25) is 0 Å². The molecule has 0 aromatic rings. The fourth-order valence-corrected chi connectivity index (χ4v) is 0.597. The number of ether oxygens (including phenoxy) is 1. The number of ketones is 1. The highest BCUT2D eigenvalue weighted by molar-refractivity contribution is 6.33. The fraction of sp³-hybridized carbons (Fsp3) is 0.111. The summed E-state index contributed by atoms with van der Waals surface area (Å²) >= 11 is 5.55. The maximum absolute atomic E-state index is 10.7. The fourth-order valence-electron chi connectivity index (χ4n) is 0.438. The number of carbonyl (C=O) groups is 2. The van der Waals surface area contributed by atoms with Crippen molar-refractivity contribution >= 4 is 23.4 Å². The third-order valence-corrected chi connectivity index (χ3v) is 1.18. The number of allylic oxidation sites excluding steroid dienone is 4. The Hall–Kier alpha value is -1.35. The van der Waals surface area contributed by atoms with Crippen LogP contribution < -0.4 is 0 Å². The average Bonchev–Trinajstić information content (AvgIpc) is 2.03. The molecule has 0 aliphatic carbocycles. The summed E-state index contributed by atoms with van der Waals surface area (Å²) in [5.41, 5.74) is 0. The zero-order chi connectivity index (χ0) is 10.3. The van der Waals surface area contributed by atoms with Crippen LogP contribution in [0.25, 0.3) is 0 Å². The van der Waals surface area contributed by atoms with E-state index < -0.39 is 5.97 Å². The van der Waals surface area contributed by atoms with Gasteiger partial charge in [-0.15, -0.1) is 0 Å². The molecule has 0 amide bonds. The summed E-state index contributed by atoms with van der Waals surface area (Å²) in [4.78, 5) is 21.0. The second-order valence-electron chi connectivity index (χ2n) is 2.05. The number of rotatable bonds is 4. The monoisotopic (exact) mass is 200 g/mol. The molecular weight excluding hydrogens is 192 g/mol. The third kappa shape index (κ3) is 7.03. The SMILES string of the molecule is C=CC(=O)C=C(Cl)C=COC(C)=O. The quantitative estimate of drug-likeness (QED) is 0.302. The molecule has 3 nitrogen and oxygen atoms in total. The van der Waals surface area contributed by atoms with Crippen molar-refractivity contribution in [3.05, 3.63) is 36.1 Å². The zero-order valence-corrected chi connectivity index (χ0v) is 7.88. The molecule has 70 valence electrons. The highest BCUT2D eigenvalue weighted by atomic mass is 35.5. The van der Waals surface area contributed by atoms with E-state index in [0.717, 1.165) is 18.4 Å². The average molecular weight is 201 g/mol. The molecule has 0 atom stereocenters. The van der Waals surface area contributed by atoms with Gasteiger partial charge in [-0.3, -0.25) is 9.59 Å². The van der Waals surface area contributed by atoms with Crippen LogP contribution in [0.4, 0.5) is 0 Å². The zero-order valence-electron chi connectivity index (χ0n) is 7.12. The molecule has 0 aliphatic heterocycles. The van der Waals surface area contributed by atoms with Gasteiger partial charge < -0.3 is 4.74 Å². The second-order valence-corrected chi connectivity index (χ2v) is 2.48. The summed E-state index contributed by atoms with van der Waals surface area (Å²) in [7, 11) is 0. The van der Waals surface area contributed by atoms with Crippen LogP contribution in [-0.4, -0.2) is 11.8 Å². The van der Waals surface area contributed by atoms with Gasteiger partial charge in [0.1, 0.15) is 0 Å². The van der Waals surface area contributed by atoms with Crippen LogP contribution in [0.5, 0.6) is 0 Å².